The van der Waals surface area contributed by atoms with Crippen molar-refractivity contribution in [2.24, 2.45) is 0 Å². The minimum absolute atomic E-state index is 0.123. The fourth-order valence-electron chi connectivity index (χ4n) is 1.12. The molecule has 0 fully saturated rings. The summed E-state index contributed by atoms with van der Waals surface area (Å²) in [6.07, 6.45) is 0. The van der Waals surface area contributed by atoms with Gasteiger partial charge in [0.25, 0.3) is 5.24 Å². The summed E-state index contributed by atoms with van der Waals surface area (Å²) in [5, 5.41) is -0.512. The second-order valence-electron chi connectivity index (χ2n) is 3.06. The maximum atomic E-state index is 10.6. The Kier molecular flexibility index (Phi) is 4.62. The van der Waals surface area contributed by atoms with E-state index in [-0.39, 0.29) is 6.61 Å². The van der Waals surface area contributed by atoms with E-state index in [2.05, 4.69) is 31.9 Å². The summed E-state index contributed by atoms with van der Waals surface area (Å²) in [6, 6.07) is 1.89. The van der Waals surface area contributed by atoms with Crippen molar-refractivity contribution >= 4 is 48.7 Å². The number of hydrogen-bond acceptors (Lipinski definition) is 2. The second-order valence-corrected chi connectivity index (χ2v) is 5.19. The predicted molar refractivity (Wildman–Crippen MR) is 67.7 cm³/mol. The first-order valence-electron chi connectivity index (χ1n) is 4.19. The van der Waals surface area contributed by atoms with Gasteiger partial charge in [-0.15, -0.1) is 0 Å². The Morgan fingerprint density at radius 1 is 1.33 bits per heavy atom. The third kappa shape index (κ3) is 3.20. The quantitative estimate of drug-likeness (QED) is 0.766. The predicted octanol–water partition coefficient (Wildman–Crippen LogP) is 3.97. The average Bonchev–Trinajstić information content (AvgIpc) is 2.14. The first kappa shape index (κ1) is 13.0. The molecule has 1 rings (SSSR count). The van der Waals surface area contributed by atoms with Crippen molar-refractivity contribution in [3.05, 3.63) is 26.1 Å². The summed E-state index contributed by atoms with van der Waals surface area (Å²) in [6.45, 7) is 3.78. The molecule has 0 amide bonds. The van der Waals surface area contributed by atoms with Crippen molar-refractivity contribution in [1.29, 1.82) is 0 Å². The summed E-state index contributed by atoms with van der Waals surface area (Å²) in [5.41, 5.74) is 2.06. The van der Waals surface area contributed by atoms with Gasteiger partial charge in [-0.05, 0) is 58.6 Å². The molecule has 0 spiro atoms. The van der Waals surface area contributed by atoms with Gasteiger partial charge in [-0.25, -0.2) is 0 Å². The Morgan fingerprint density at radius 3 is 2.47 bits per heavy atom. The largest absolute Gasteiger partial charge is 0.483 e. The van der Waals surface area contributed by atoms with Crippen LogP contribution in [0.3, 0.4) is 0 Å². The van der Waals surface area contributed by atoms with Crippen LogP contribution in [0, 0.1) is 13.8 Å². The van der Waals surface area contributed by atoms with Gasteiger partial charge < -0.3 is 4.74 Å². The molecule has 15 heavy (non-hydrogen) atoms. The smallest absolute Gasteiger partial charge is 0.259 e. The SMILES string of the molecule is Cc1c(Br)cc(Br)c(OCC(=O)Cl)c1C. The maximum absolute atomic E-state index is 10.6. The van der Waals surface area contributed by atoms with E-state index >= 15 is 0 Å². The Hall–Kier alpha value is -0.0600. The molecule has 0 atom stereocenters. The molecule has 0 aliphatic carbocycles. The Balaban J connectivity index is 3.07. The summed E-state index contributed by atoms with van der Waals surface area (Å²) in [7, 11) is 0. The average molecular weight is 356 g/mol. The summed E-state index contributed by atoms with van der Waals surface area (Å²) >= 11 is 12.0. The molecule has 0 aliphatic heterocycles. The van der Waals surface area contributed by atoms with E-state index in [9.17, 15) is 4.79 Å². The van der Waals surface area contributed by atoms with Crippen molar-refractivity contribution in [2.45, 2.75) is 13.8 Å². The zero-order chi connectivity index (χ0) is 11.6. The molecule has 0 radical (unpaired) electrons. The summed E-state index contributed by atoms with van der Waals surface area (Å²) < 4.78 is 7.11. The number of benzene rings is 1. The van der Waals surface area contributed by atoms with Crippen LogP contribution in [0.1, 0.15) is 11.1 Å². The Morgan fingerprint density at radius 2 is 1.93 bits per heavy atom. The minimum Gasteiger partial charge on any atom is -0.483 e. The highest BCUT2D eigenvalue weighted by atomic mass is 79.9. The maximum Gasteiger partial charge on any atom is 0.259 e. The van der Waals surface area contributed by atoms with Crippen LogP contribution in [-0.2, 0) is 4.79 Å². The van der Waals surface area contributed by atoms with Gasteiger partial charge in [0.1, 0.15) is 5.75 Å². The van der Waals surface area contributed by atoms with Gasteiger partial charge >= 0.3 is 0 Å². The fourth-order valence-corrected chi connectivity index (χ4v) is 2.65. The van der Waals surface area contributed by atoms with Crippen LogP contribution in [0.15, 0.2) is 15.0 Å². The molecular weight excluding hydrogens is 347 g/mol. The molecule has 5 heteroatoms. The molecular formula is C10H9Br2ClO2. The van der Waals surface area contributed by atoms with Gasteiger partial charge in [0.05, 0.1) is 4.47 Å². The zero-order valence-electron chi connectivity index (χ0n) is 8.23. The number of ether oxygens (including phenoxy) is 1. The van der Waals surface area contributed by atoms with E-state index in [1.54, 1.807) is 0 Å². The van der Waals surface area contributed by atoms with Gasteiger partial charge in [0, 0.05) is 4.47 Å². The molecule has 0 N–H and O–H groups in total. The van der Waals surface area contributed by atoms with Gasteiger partial charge in [0.2, 0.25) is 0 Å². The van der Waals surface area contributed by atoms with E-state index in [4.69, 9.17) is 16.3 Å². The highest BCUT2D eigenvalue weighted by molar-refractivity contribution is 9.11. The van der Waals surface area contributed by atoms with Gasteiger partial charge in [-0.3, -0.25) is 4.79 Å². The minimum atomic E-state index is -0.512. The third-order valence-electron chi connectivity index (χ3n) is 2.06. The Labute approximate surface area is 110 Å². The van der Waals surface area contributed by atoms with E-state index < -0.39 is 5.24 Å². The lowest BCUT2D eigenvalue weighted by Crippen LogP contribution is -2.06. The van der Waals surface area contributed by atoms with Crippen LogP contribution in [0.25, 0.3) is 0 Å². The van der Waals surface area contributed by atoms with E-state index in [1.807, 2.05) is 19.9 Å². The van der Waals surface area contributed by atoms with Crippen LogP contribution in [0.4, 0.5) is 0 Å². The lowest BCUT2D eigenvalue weighted by Gasteiger charge is -2.13. The Bertz CT molecular complexity index is 405. The number of carbonyl (C=O) groups excluding carboxylic acids is 1. The number of halogens is 3. The van der Waals surface area contributed by atoms with Crippen molar-refractivity contribution in [1.82, 2.24) is 0 Å². The standard InChI is InChI=1S/C10H9Br2ClO2/c1-5-6(2)10(15-4-9(13)14)8(12)3-7(5)11/h3H,4H2,1-2H3. The van der Waals surface area contributed by atoms with Crippen molar-refractivity contribution in [3.63, 3.8) is 0 Å². The van der Waals surface area contributed by atoms with Crippen LogP contribution in [0.5, 0.6) is 5.75 Å². The molecule has 0 aromatic heterocycles. The van der Waals surface area contributed by atoms with Gasteiger partial charge in [-0.2, -0.15) is 0 Å². The number of hydrogen-bond donors (Lipinski definition) is 0. The molecule has 0 aliphatic rings. The lowest BCUT2D eigenvalue weighted by molar-refractivity contribution is -0.113. The topological polar surface area (TPSA) is 26.3 Å². The molecule has 2 nitrogen and oxygen atoms in total. The summed E-state index contributed by atoms with van der Waals surface area (Å²) in [4.78, 5) is 10.6. The molecule has 0 heterocycles. The molecule has 0 saturated carbocycles. The highest BCUT2D eigenvalue weighted by Gasteiger charge is 2.11. The van der Waals surface area contributed by atoms with Crippen molar-refractivity contribution in [3.8, 4) is 5.75 Å². The van der Waals surface area contributed by atoms with Crippen LogP contribution in [-0.4, -0.2) is 11.8 Å². The van der Waals surface area contributed by atoms with Gasteiger partial charge in [0.15, 0.2) is 6.61 Å². The van der Waals surface area contributed by atoms with Crippen molar-refractivity contribution in [2.75, 3.05) is 6.61 Å². The summed E-state index contributed by atoms with van der Waals surface area (Å²) in [5.74, 6) is 0.657. The second kappa shape index (κ2) is 5.32. The van der Waals surface area contributed by atoms with Crippen LogP contribution in [0.2, 0.25) is 0 Å². The first-order chi connectivity index (χ1) is 6.93. The monoisotopic (exact) mass is 354 g/mol. The normalized spacial score (nSPS) is 10.2. The molecule has 1 aromatic carbocycles. The van der Waals surface area contributed by atoms with E-state index in [0.29, 0.717) is 5.75 Å². The molecule has 1 aromatic rings. The van der Waals surface area contributed by atoms with Crippen molar-refractivity contribution < 1.29 is 9.53 Å². The van der Waals surface area contributed by atoms with Gasteiger partial charge in [-0.1, -0.05) is 15.9 Å². The molecule has 0 bridgehead atoms. The molecule has 0 unspecified atom stereocenters. The zero-order valence-corrected chi connectivity index (χ0v) is 12.2. The lowest BCUT2D eigenvalue weighted by atomic mass is 10.1. The van der Waals surface area contributed by atoms with E-state index in [0.717, 1.165) is 20.1 Å². The third-order valence-corrected chi connectivity index (χ3v) is 3.58. The fraction of sp³-hybridized carbons (Fsp3) is 0.300. The van der Waals surface area contributed by atoms with E-state index in [1.165, 1.54) is 0 Å². The number of rotatable bonds is 3. The molecule has 0 saturated heterocycles. The highest BCUT2D eigenvalue weighted by Crippen LogP contribution is 2.35. The molecule has 82 valence electrons. The first-order valence-corrected chi connectivity index (χ1v) is 6.16. The van der Waals surface area contributed by atoms with Crippen LogP contribution >= 0.6 is 43.5 Å². The number of carbonyl (C=O) groups is 1. The van der Waals surface area contributed by atoms with Crippen LogP contribution < -0.4 is 4.74 Å².